The summed E-state index contributed by atoms with van der Waals surface area (Å²) in [4.78, 5) is 23.9. The Labute approximate surface area is 133 Å². The van der Waals surface area contributed by atoms with Crippen LogP contribution in [0.3, 0.4) is 0 Å². The Hall–Kier alpha value is -2.14. The first-order valence-corrected chi connectivity index (χ1v) is 8.37. The summed E-state index contributed by atoms with van der Waals surface area (Å²) in [6.07, 6.45) is 3.26. The van der Waals surface area contributed by atoms with Crippen LogP contribution in [0.15, 0.2) is 41.1 Å². The van der Waals surface area contributed by atoms with Crippen LogP contribution >= 0.6 is 11.3 Å². The summed E-state index contributed by atoms with van der Waals surface area (Å²) in [5.74, 6) is -0.340. The van der Waals surface area contributed by atoms with Crippen molar-refractivity contribution in [2.24, 2.45) is 0 Å². The van der Waals surface area contributed by atoms with Crippen LogP contribution in [0, 0.1) is 0 Å². The molecule has 2 aromatic rings. The second kappa shape index (κ2) is 6.75. The van der Waals surface area contributed by atoms with Gasteiger partial charge in [-0.1, -0.05) is 12.1 Å². The molecule has 4 nitrogen and oxygen atoms in total. The lowest BCUT2D eigenvalue weighted by atomic mass is 9.93. The summed E-state index contributed by atoms with van der Waals surface area (Å²) in [5.41, 5.74) is 2.68. The summed E-state index contributed by atoms with van der Waals surface area (Å²) in [5, 5.41) is 9.63. The fourth-order valence-electron chi connectivity index (χ4n) is 2.36. The van der Waals surface area contributed by atoms with Gasteiger partial charge < -0.3 is 10.6 Å². The lowest BCUT2D eigenvalue weighted by molar-refractivity contribution is -0.121. The number of thiophene rings is 1. The first kappa shape index (κ1) is 14.8. The average Bonchev–Trinajstić information content (AvgIpc) is 3.03. The third-order valence-electron chi connectivity index (χ3n) is 3.86. The molecule has 1 saturated carbocycles. The molecule has 114 valence electrons. The molecule has 2 N–H and O–H groups in total. The van der Waals surface area contributed by atoms with Crippen molar-refractivity contribution in [2.75, 3.05) is 6.54 Å². The molecule has 0 radical (unpaired) electrons. The van der Waals surface area contributed by atoms with Gasteiger partial charge in [-0.25, -0.2) is 0 Å². The second-order valence-corrected chi connectivity index (χ2v) is 6.25. The summed E-state index contributed by atoms with van der Waals surface area (Å²) >= 11 is 1.62. The topological polar surface area (TPSA) is 58.2 Å². The maximum absolute atomic E-state index is 12.2. The van der Waals surface area contributed by atoms with Gasteiger partial charge in [0, 0.05) is 11.6 Å². The predicted octanol–water partition coefficient (Wildman–Crippen LogP) is 2.81. The highest BCUT2D eigenvalue weighted by Gasteiger charge is 2.19. The maximum atomic E-state index is 12.2. The molecule has 1 fully saturated rings. The van der Waals surface area contributed by atoms with Gasteiger partial charge in [0.15, 0.2) is 0 Å². The van der Waals surface area contributed by atoms with E-state index in [9.17, 15) is 9.59 Å². The van der Waals surface area contributed by atoms with Gasteiger partial charge in [0.1, 0.15) is 0 Å². The number of benzene rings is 1. The molecule has 0 unspecified atom stereocenters. The molecule has 1 aliphatic rings. The zero-order chi connectivity index (χ0) is 15.4. The van der Waals surface area contributed by atoms with Gasteiger partial charge in [-0.05, 0) is 59.3 Å². The van der Waals surface area contributed by atoms with Crippen LogP contribution in [0.1, 0.15) is 29.6 Å². The average molecular weight is 314 g/mol. The number of carbonyl (C=O) groups excluding carboxylic acids is 2. The Morgan fingerprint density at radius 2 is 2.05 bits per heavy atom. The molecule has 1 aromatic carbocycles. The zero-order valence-corrected chi connectivity index (χ0v) is 13.0. The van der Waals surface area contributed by atoms with Crippen molar-refractivity contribution >= 4 is 23.2 Å². The lowest BCUT2D eigenvalue weighted by Gasteiger charge is -2.26. The second-order valence-electron chi connectivity index (χ2n) is 5.47. The highest BCUT2D eigenvalue weighted by atomic mass is 32.1. The molecule has 22 heavy (non-hydrogen) atoms. The Morgan fingerprint density at radius 1 is 1.18 bits per heavy atom. The van der Waals surface area contributed by atoms with Crippen LogP contribution < -0.4 is 10.6 Å². The van der Waals surface area contributed by atoms with E-state index in [0.717, 1.165) is 24.0 Å². The molecule has 2 amide bonds. The van der Waals surface area contributed by atoms with Crippen LogP contribution in [0.4, 0.5) is 0 Å². The van der Waals surface area contributed by atoms with E-state index in [1.165, 1.54) is 6.42 Å². The van der Waals surface area contributed by atoms with Crippen LogP contribution in [0.5, 0.6) is 0 Å². The van der Waals surface area contributed by atoms with Gasteiger partial charge in [-0.3, -0.25) is 9.59 Å². The van der Waals surface area contributed by atoms with E-state index in [-0.39, 0.29) is 18.4 Å². The number of rotatable bonds is 5. The van der Waals surface area contributed by atoms with Crippen LogP contribution in [-0.2, 0) is 4.79 Å². The molecule has 1 aromatic heterocycles. The summed E-state index contributed by atoms with van der Waals surface area (Å²) in [6.45, 7) is 0.0258. The van der Waals surface area contributed by atoms with E-state index in [4.69, 9.17) is 0 Å². The normalized spacial score (nSPS) is 14.2. The summed E-state index contributed by atoms with van der Waals surface area (Å²) in [6, 6.07) is 9.76. The monoisotopic (exact) mass is 314 g/mol. The maximum Gasteiger partial charge on any atom is 0.251 e. The van der Waals surface area contributed by atoms with Crippen molar-refractivity contribution in [2.45, 2.75) is 25.3 Å². The van der Waals surface area contributed by atoms with E-state index >= 15 is 0 Å². The van der Waals surface area contributed by atoms with E-state index in [2.05, 4.69) is 10.6 Å². The molecule has 0 spiro atoms. The minimum Gasteiger partial charge on any atom is -0.352 e. The third kappa shape index (κ3) is 3.54. The van der Waals surface area contributed by atoms with Crippen LogP contribution in [0.2, 0.25) is 0 Å². The minimum absolute atomic E-state index is 0.0258. The number of nitrogens with one attached hydrogen (secondary N) is 2. The van der Waals surface area contributed by atoms with Gasteiger partial charge in [0.2, 0.25) is 5.91 Å². The van der Waals surface area contributed by atoms with E-state index in [1.54, 1.807) is 17.4 Å². The molecular formula is C17H18N2O2S. The Bertz CT molecular complexity index is 663. The zero-order valence-electron chi connectivity index (χ0n) is 12.2. The summed E-state index contributed by atoms with van der Waals surface area (Å²) < 4.78 is 0. The van der Waals surface area contributed by atoms with Gasteiger partial charge in [0.25, 0.3) is 5.91 Å². The molecule has 0 atom stereocenters. The van der Waals surface area contributed by atoms with Crippen molar-refractivity contribution in [1.29, 1.82) is 0 Å². The van der Waals surface area contributed by atoms with Crippen molar-refractivity contribution in [3.8, 4) is 11.1 Å². The fourth-order valence-corrected chi connectivity index (χ4v) is 3.03. The SMILES string of the molecule is O=C(CNC(=O)c1cccc(-c2ccsc2)c1)NC1CCC1. The number of carbonyl (C=O) groups is 2. The molecule has 1 heterocycles. The highest BCUT2D eigenvalue weighted by molar-refractivity contribution is 7.08. The number of hydrogen-bond acceptors (Lipinski definition) is 3. The predicted molar refractivity (Wildman–Crippen MR) is 87.9 cm³/mol. The molecule has 1 aliphatic carbocycles. The van der Waals surface area contributed by atoms with E-state index in [1.807, 2.05) is 35.0 Å². The Kier molecular flexibility index (Phi) is 4.53. The van der Waals surface area contributed by atoms with Crippen LogP contribution in [-0.4, -0.2) is 24.4 Å². The smallest absolute Gasteiger partial charge is 0.251 e. The van der Waals surface area contributed by atoms with Gasteiger partial charge in [-0.15, -0.1) is 0 Å². The van der Waals surface area contributed by atoms with Gasteiger partial charge in [0.05, 0.1) is 6.54 Å². The Morgan fingerprint density at radius 3 is 2.73 bits per heavy atom. The van der Waals surface area contributed by atoms with E-state index in [0.29, 0.717) is 11.6 Å². The molecule has 0 saturated heterocycles. The van der Waals surface area contributed by atoms with E-state index < -0.39 is 0 Å². The third-order valence-corrected chi connectivity index (χ3v) is 4.54. The van der Waals surface area contributed by atoms with Crippen molar-refractivity contribution in [3.63, 3.8) is 0 Å². The molecule has 5 heteroatoms. The van der Waals surface area contributed by atoms with Gasteiger partial charge >= 0.3 is 0 Å². The van der Waals surface area contributed by atoms with Gasteiger partial charge in [-0.2, -0.15) is 11.3 Å². The molecule has 0 aliphatic heterocycles. The highest BCUT2D eigenvalue weighted by Crippen LogP contribution is 2.22. The summed E-state index contributed by atoms with van der Waals surface area (Å²) in [7, 11) is 0. The molecule has 3 rings (SSSR count). The lowest BCUT2D eigenvalue weighted by Crippen LogP contribution is -2.44. The van der Waals surface area contributed by atoms with Crippen molar-refractivity contribution in [1.82, 2.24) is 10.6 Å². The van der Waals surface area contributed by atoms with Crippen molar-refractivity contribution in [3.05, 3.63) is 46.7 Å². The molecule has 0 bridgehead atoms. The quantitative estimate of drug-likeness (QED) is 0.891. The fraction of sp³-hybridized carbons (Fsp3) is 0.294. The first-order valence-electron chi connectivity index (χ1n) is 7.42. The minimum atomic E-state index is -0.221. The number of amides is 2. The standard InChI is InChI=1S/C17H18N2O2S/c20-16(19-15-5-2-6-15)10-18-17(21)13-4-1-3-12(9-13)14-7-8-22-11-14/h1,3-4,7-9,11,15H,2,5-6,10H2,(H,18,21)(H,19,20). The molecular weight excluding hydrogens is 296 g/mol. The first-order chi connectivity index (χ1) is 10.7. The number of hydrogen-bond donors (Lipinski definition) is 2. The largest absolute Gasteiger partial charge is 0.352 e. The Balaban J connectivity index is 1.57. The van der Waals surface area contributed by atoms with Crippen LogP contribution in [0.25, 0.3) is 11.1 Å². The van der Waals surface area contributed by atoms with Crippen molar-refractivity contribution < 1.29 is 9.59 Å².